The highest BCUT2D eigenvalue weighted by molar-refractivity contribution is 5.90. The second-order valence-corrected chi connectivity index (χ2v) is 8.16. The maximum Gasteiger partial charge on any atom is 0.179 e. The average molecular weight is 288 g/mol. The Hall–Kier alpha value is -1.50. The van der Waals surface area contributed by atoms with Crippen LogP contribution in [0.3, 0.4) is 0 Å². The Labute approximate surface area is 129 Å². The second kappa shape index (κ2) is 5.05. The molecule has 0 aliphatic carbocycles. The molecule has 1 atom stereocenters. The van der Waals surface area contributed by atoms with Crippen molar-refractivity contribution in [1.82, 2.24) is 9.80 Å². The Morgan fingerprint density at radius 3 is 2.19 bits per heavy atom. The molecule has 2 aliphatic heterocycles. The molecule has 21 heavy (non-hydrogen) atoms. The molecule has 0 aromatic carbocycles. The molecular formula is C17H28N4. The lowest BCUT2D eigenvalue weighted by Gasteiger charge is -2.47. The van der Waals surface area contributed by atoms with Crippen molar-refractivity contribution in [1.29, 1.82) is 5.26 Å². The van der Waals surface area contributed by atoms with Gasteiger partial charge in [-0.2, -0.15) is 5.26 Å². The summed E-state index contributed by atoms with van der Waals surface area (Å²) in [6, 6.07) is 0.184. The molecule has 0 aromatic heterocycles. The van der Waals surface area contributed by atoms with Crippen molar-refractivity contribution in [2.45, 2.75) is 54.5 Å². The Bertz CT molecular complexity index is 522. The first-order valence-electron chi connectivity index (χ1n) is 7.79. The standard InChI is InChI=1S/C17H28N4/c1-12-14(16(2,3)4)13-10-20(11-18)8-9-21(13)15(19-12)17(5,6)7/h12H,8-10H2,1-7H3/t12-/m0/s1. The highest BCUT2D eigenvalue weighted by Crippen LogP contribution is 2.39. The smallest absolute Gasteiger partial charge is 0.179 e. The largest absolute Gasteiger partial charge is 0.330 e. The number of fused-ring (bicyclic) bond motifs is 1. The molecule has 2 heterocycles. The third-order valence-corrected chi connectivity index (χ3v) is 4.18. The van der Waals surface area contributed by atoms with Crippen molar-refractivity contribution in [3.8, 4) is 6.19 Å². The molecular weight excluding hydrogens is 260 g/mol. The van der Waals surface area contributed by atoms with Crippen LogP contribution < -0.4 is 0 Å². The molecule has 0 bridgehead atoms. The molecule has 0 unspecified atom stereocenters. The lowest BCUT2D eigenvalue weighted by Crippen LogP contribution is -2.53. The van der Waals surface area contributed by atoms with Crippen LogP contribution in [0.1, 0.15) is 48.5 Å². The van der Waals surface area contributed by atoms with Crippen LogP contribution in [-0.2, 0) is 0 Å². The molecule has 116 valence electrons. The van der Waals surface area contributed by atoms with Crippen molar-refractivity contribution in [2.75, 3.05) is 19.6 Å². The van der Waals surface area contributed by atoms with E-state index in [9.17, 15) is 5.26 Å². The first-order valence-corrected chi connectivity index (χ1v) is 7.79. The molecule has 4 nitrogen and oxygen atoms in total. The van der Waals surface area contributed by atoms with Crippen molar-refractivity contribution < 1.29 is 0 Å². The molecule has 0 spiro atoms. The van der Waals surface area contributed by atoms with Crippen LogP contribution in [-0.4, -0.2) is 41.3 Å². The quantitative estimate of drug-likeness (QED) is 0.643. The van der Waals surface area contributed by atoms with E-state index in [-0.39, 0.29) is 16.9 Å². The topological polar surface area (TPSA) is 42.6 Å². The van der Waals surface area contributed by atoms with Gasteiger partial charge < -0.3 is 9.80 Å². The molecule has 0 amide bonds. The van der Waals surface area contributed by atoms with E-state index in [1.54, 1.807) is 0 Å². The Morgan fingerprint density at radius 1 is 1.10 bits per heavy atom. The van der Waals surface area contributed by atoms with Gasteiger partial charge in [-0.1, -0.05) is 41.5 Å². The van der Waals surface area contributed by atoms with E-state index in [1.165, 1.54) is 11.3 Å². The first-order chi connectivity index (χ1) is 9.55. The van der Waals surface area contributed by atoms with Gasteiger partial charge in [0.25, 0.3) is 0 Å². The number of nitrogens with zero attached hydrogens (tertiary/aromatic N) is 4. The zero-order valence-corrected chi connectivity index (χ0v) is 14.5. The molecule has 0 aromatic rings. The Balaban J connectivity index is 2.53. The number of hydrogen-bond acceptors (Lipinski definition) is 4. The fraction of sp³-hybridized carbons (Fsp3) is 0.765. The SMILES string of the molecule is C[C@@H]1N=C(C(C)(C)C)N2CCN(C#N)CC2=C1C(C)(C)C. The van der Waals surface area contributed by atoms with Gasteiger partial charge in [-0.25, -0.2) is 0 Å². The van der Waals surface area contributed by atoms with Crippen LogP contribution in [0, 0.1) is 22.3 Å². The number of nitriles is 1. The maximum absolute atomic E-state index is 9.27. The molecule has 2 rings (SSSR count). The van der Waals surface area contributed by atoms with Crippen LogP contribution >= 0.6 is 0 Å². The van der Waals surface area contributed by atoms with Gasteiger partial charge in [-0.3, -0.25) is 4.99 Å². The van der Waals surface area contributed by atoms with Crippen molar-refractivity contribution in [3.63, 3.8) is 0 Å². The minimum Gasteiger partial charge on any atom is -0.330 e. The van der Waals surface area contributed by atoms with Crippen molar-refractivity contribution in [2.24, 2.45) is 15.8 Å². The Kier molecular flexibility index (Phi) is 3.82. The van der Waals surface area contributed by atoms with E-state index < -0.39 is 0 Å². The van der Waals surface area contributed by atoms with Crippen LogP contribution in [0.15, 0.2) is 16.3 Å². The predicted molar refractivity (Wildman–Crippen MR) is 86.7 cm³/mol. The summed E-state index contributed by atoms with van der Waals surface area (Å²) in [6.45, 7) is 17.9. The van der Waals surface area contributed by atoms with Crippen molar-refractivity contribution in [3.05, 3.63) is 11.3 Å². The first kappa shape index (κ1) is 15.9. The number of amidine groups is 1. The van der Waals surface area contributed by atoms with Crippen molar-refractivity contribution >= 4 is 5.84 Å². The zero-order chi connectivity index (χ0) is 16.0. The third-order valence-electron chi connectivity index (χ3n) is 4.18. The van der Waals surface area contributed by atoms with E-state index in [4.69, 9.17) is 4.99 Å². The number of aliphatic imine (C=N–C) groups is 1. The highest BCUT2D eigenvalue weighted by Gasteiger charge is 2.39. The van der Waals surface area contributed by atoms with E-state index in [2.05, 4.69) is 59.6 Å². The summed E-state index contributed by atoms with van der Waals surface area (Å²) in [5.41, 5.74) is 2.76. The molecule has 1 saturated heterocycles. The molecule has 4 heteroatoms. The van der Waals surface area contributed by atoms with Gasteiger partial charge in [-0.05, 0) is 17.9 Å². The number of hydrogen-bond donors (Lipinski definition) is 0. The van der Waals surface area contributed by atoms with Gasteiger partial charge >= 0.3 is 0 Å². The minimum absolute atomic E-state index is 0.0255. The molecule has 1 fully saturated rings. The summed E-state index contributed by atoms with van der Waals surface area (Å²) in [7, 11) is 0. The summed E-state index contributed by atoms with van der Waals surface area (Å²) >= 11 is 0. The zero-order valence-electron chi connectivity index (χ0n) is 14.5. The molecule has 2 aliphatic rings. The van der Waals surface area contributed by atoms with Crippen LogP contribution in [0.25, 0.3) is 0 Å². The van der Waals surface area contributed by atoms with Gasteiger partial charge in [0.2, 0.25) is 0 Å². The predicted octanol–water partition coefficient (Wildman–Crippen LogP) is 3.23. The van der Waals surface area contributed by atoms with E-state index in [1.807, 2.05) is 4.90 Å². The normalized spacial score (nSPS) is 23.7. The summed E-state index contributed by atoms with van der Waals surface area (Å²) in [5, 5.41) is 9.27. The van der Waals surface area contributed by atoms with Gasteiger partial charge in [0, 0.05) is 24.2 Å². The molecule has 0 saturated carbocycles. The maximum atomic E-state index is 9.27. The summed E-state index contributed by atoms with van der Waals surface area (Å²) in [4.78, 5) is 9.25. The van der Waals surface area contributed by atoms with Gasteiger partial charge in [-0.15, -0.1) is 0 Å². The lowest BCUT2D eigenvalue weighted by atomic mass is 9.78. The van der Waals surface area contributed by atoms with Crippen LogP contribution in [0.4, 0.5) is 0 Å². The van der Waals surface area contributed by atoms with Crippen LogP contribution in [0.2, 0.25) is 0 Å². The van der Waals surface area contributed by atoms with Gasteiger partial charge in [0.05, 0.1) is 12.6 Å². The number of rotatable bonds is 0. The van der Waals surface area contributed by atoms with Gasteiger partial charge in [0.1, 0.15) is 5.84 Å². The van der Waals surface area contributed by atoms with E-state index >= 15 is 0 Å². The van der Waals surface area contributed by atoms with Crippen LogP contribution in [0.5, 0.6) is 0 Å². The Morgan fingerprint density at radius 2 is 1.71 bits per heavy atom. The lowest BCUT2D eigenvalue weighted by molar-refractivity contribution is 0.259. The second-order valence-electron chi connectivity index (χ2n) is 8.16. The molecule has 0 radical (unpaired) electrons. The minimum atomic E-state index is 0.0255. The monoisotopic (exact) mass is 288 g/mol. The summed E-state index contributed by atoms with van der Waals surface area (Å²) < 4.78 is 0. The van der Waals surface area contributed by atoms with Gasteiger partial charge in [0.15, 0.2) is 6.19 Å². The average Bonchev–Trinajstić information content (AvgIpc) is 2.34. The third kappa shape index (κ3) is 2.92. The van der Waals surface area contributed by atoms with E-state index in [0.717, 1.165) is 18.9 Å². The number of piperazine rings is 1. The fourth-order valence-electron chi connectivity index (χ4n) is 3.47. The van der Waals surface area contributed by atoms with E-state index in [0.29, 0.717) is 6.54 Å². The fourth-order valence-corrected chi connectivity index (χ4v) is 3.47. The highest BCUT2D eigenvalue weighted by atomic mass is 15.3. The summed E-state index contributed by atoms with van der Waals surface area (Å²) in [5.74, 6) is 1.16. The summed E-state index contributed by atoms with van der Waals surface area (Å²) in [6.07, 6.45) is 2.31. The molecule has 0 N–H and O–H groups in total.